The highest BCUT2D eigenvalue weighted by Gasteiger charge is 2.15. The largest absolute Gasteiger partial charge is 0.460 e. The van der Waals surface area contributed by atoms with E-state index in [0.717, 1.165) is 5.69 Å². The van der Waals surface area contributed by atoms with Crippen LogP contribution in [0.15, 0.2) is 28.8 Å². The summed E-state index contributed by atoms with van der Waals surface area (Å²) < 4.78 is 9.68. The van der Waals surface area contributed by atoms with E-state index in [9.17, 15) is 4.79 Å². The van der Waals surface area contributed by atoms with E-state index in [1.165, 1.54) is 0 Å². The van der Waals surface area contributed by atoms with Crippen molar-refractivity contribution in [3.05, 3.63) is 41.0 Å². The molecule has 1 N–H and O–H groups in total. The number of esters is 1. The van der Waals surface area contributed by atoms with Crippen molar-refractivity contribution in [3.63, 3.8) is 0 Å². The maximum absolute atomic E-state index is 11.3. The van der Waals surface area contributed by atoms with E-state index in [0.29, 0.717) is 17.5 Å². The number of ether oxygens (including phenoxy) is 1. The maximum Gasteiger partial charge on any atom is 0.379 e. The third kappa shape index (κ3) is 3.69. The minimum Gasteiger partial charge on any atom is -0.460 e. The van der Waals surface area contributed by atoms with E-state index in [-0.39, 0.29) is 12.4 Å². The smallest absolute Gasteiger partial charge is 0.379 e. The SMILES string of the molecule is CCOC(=O)c1noc(CNc2cccc(Cl)c2)n1. The van der Waals surface area contributed by atoms with Crippen molar-refractivity contribution in [3.8, 4) is 0 Å². The first kappa shape index (κ1) is 13.4. The van der Waals surface area contributed by atoms with Gasteiger partial charge in [0.15, 0.2) is 0 Å². The van der Waals surface area contributed by atoms with Gasteiger partial charge in [-0.2, -0.15) is 4.98 Å². The number of benzene rings is 1. The fourth-order valence-electron chi connectivity index (χ4n) is 1.38. The molecule has 0 aliphatic heterocycles. The maximum atomic E-state index is 11.3. The monoisotopic (exact) mass is 281 g/mol. The second-order valence-electron chi connectivity index (χ2n) is 3.60. The number of carbonyl (C=O) groups excluding carboxylic acids is 1. The van der Waals surface area contributed by atoms with Gasteiger partial charge in [-0.25, -0.2) is 4.79 Å². The molecule has 6 nitrogen and oxygen atoms in total. The van der Waals surface area contributed by atoms with Gasteiger partial charge in [0.2, 0.25) is 5.89 Å². The number of nitrogens with one attached hydrogen (secondary N) is 1. The second kappa shape index (κ2) is 6.19. The Balaban J connectivity index is 1.95. The van der Waals surface area contributed by atoms with Crippen LogP contribution in [-0.2, 0) is 11.3 Å². The minimum atomic E-state index is -0.597. The van der Waals surface area contributed by atoms with Gasteiger partial charge in [0.05, 0.1) is 13.2 Å². The van der Waals surface area contributed by atoms with Crippen molar-refractivity contribution in [1.82, 2.24) is 10.1 Å². The van der Waals surface area contributed by atoms with E-state index < -0.39 is 5.97 Å². The predicted molar refractivity (Wildman–Crippen MR) is 69.0 cm³/mol. The van der Waals surface area contributed by atoms with Crippen molar-refractivity contribution in [1.29, 1.82) is 0 Å². The van der Waals surface area contributed by atoms with Gasteiger partial charge in [0, 0.05) is 10.7 Å². The zero-order valence-electron chi connectivity index (χ0n) is 10.2. The highest BCUT2D eigenvalue weighted by Crippen LogP contribution is 2.15. The van der Waals surface area contributed by atoms with Gasteiger partial charge in [-0.3, -0.25) is 0 Å². The van der Waals surface area contributed by atoms with E-state index in [1.807, 2.05) is 12.1 Å². The van der Waals surface area contributed by atoms with Gasteiger partial charge in [-0.1, -0.05) is 17.7 Å². The first-order valence-corrected chi connectivity index (χ1v) is 6.06. The van der Waals surface area contributed by atoms with Crippen LogP contribution < -0.4 is 5.32 Å². The molecule has 0 spiro atoms. The molecule has 2 aromatic rings. The summed E-state index contributed by atoms with van der Waals surface area (Å²) in [6, 6.07) is 7.22. The molecule has 0 atom stereocenters. The van der Waals surface area contributed by atoms with E-state index >= 15 is 0 Å². The van der Waals surface area contributed by atoms with Crippen LogP contribution >= 0.6 is 11.6 Å². The van der Waals surface area contributed by atoms with Gasteiger partial charge in [-0.05, 0) is 30.3 Å². The Morgan fingerprint density at radius 1 is 1.53 bits per heavy atom. The first-order chi connectivity index (χ1) is 9.19. The van der Waals surface area contributed by atoms with Crippen LogP contribution in [0.1, 0.15) is 23.4 Å². The zero-order valence-corrected chi connectivity index (χ0v) is 11.0. The Kier molecular flexibility index (Phi) is 4.35. The van der Waals surface area contributed by atoms with Crippen LogP contribution in [0.5, 0.6) is 0 Å². The number of hydrogen-bond acceptors (Lipinski definition) is 6. The Hall–Kier alpha value is -2.08. The summed E-state index contributed by atoms with van der Waals surface area (Å²) in [5, 5.41) is 7.22. The summed E-state index contributed by atoms with van der Waals surface area (Å²) in [5.74, 6) is -0.381. The molecule has 7 heteroatoms. The molecule has 0 bridgehead atoms. The Bertz CT molecular complexity index is 571. The molecule has 0 amide bonds. The van der Waals surface area contributed by atoms with Crippen LogP contribution in [0.3, 0.4) is 0 Å². The minimum absolute atomic E-state index is 0.0789. The quantitative estimate of drug-likeness (QED) is 0.849. The molecule has 100 valence electrons. The van der Waals surface area contributed by atoms with Crippen molar-refractivity contribution in [2.75, 3.05) is 11.9 Å². The van der Waals surface area contributed by atoms with Gasteiger partial charge in [-0.15, -0.1) is 0 Å². The molecule has 0 aliphatic rings. The Labute approximate surface area is 114 Å². The molecule has 1 heterocycles. The van der Waals surface area contributed by atoms with Crippen molar-refractivity contribution < 1.29 is 14.1 Å². The van der Waals surface area contributed by atoms with Crippen molar-refractivity contribution >= 4 is 23.3 Å². The summed E-state index contributed by atoms with van der Waals surface area (Å²) in [6.45, 7) is 2.27. The lowest BCUT2D eigenvalue weighted by Crippen LogP contribution is -2.07. The average Bonchev–Trinajstić information content (AvgIpc) is 2.86. The number of rotatable bonds is 5. The lowest BCUT2D eigenvalue weighted by molar-refractivity contribution is 0.0508. The number of anilines is 1. The van der Waals surface area contributed by atoms with Crippen molar-refractivity contribution in [2.24, 2.45) is 0 Å². The average molecular weight is 282 g/mol. The molecular weight excluding hydrogens is 270 g/mol. The standard InChI is InChI=1S/C12H12ClN3O3/c1-2-18-12(17)11-15-10(19-16-11)7-14-9-5-3-4-8(13)6-9/h3-6,14H,2,7H2,1H3. The number of nitrogens with zero attached hydrogens (tertiary/aromatic N) is 2. The molecule has 0 saturated heterocycles. The summed E-state index contributed by atoms with van der Waals surface area (Å²) in [6.07, 6.45) is 0. The van der Waals surface area contributed by atoms with Crippen LogP contribution in [0.4, 0.5) is 5.69 Å². The van der Waals surface area contributed by atoms with E-state index in [1.54, 1.807) is 19.1 Å². The summed E-state index contributed by atoms with van der Waals surface area (Å²) >= 11 is 5.85. The lowest BCUT2D eigenvalue weighted by Gasteiger charge is -2.02. The molecule has 2 rings (SSSR count). The van der Waals surface area contributed by atoms with Gasteiger partial charge < -0.3 is 14.6 Å². The Morgan fingerprint density at radius 2 is 2.37 bits per heavy atom. The molecule has 0 aliphatic carbocycles. The second-order valence-corrected chi connectivity index (χ2v) is 4.03. The van der Waals surface area contributed by atoms with Crippen LogP contribution in [-0.4, -0.2) is 22.7 Å². The highest BCUT2D eigenvalue weighted by molar-refractivity contribution is 6.30. The fraction of sp³-hybridized carbons (Fsp3) is 0.250. The van der Waals surface area contributed by atoms with E-state index in [4.69, 9.17) is 20.9 Å². The molecule has 0 unspecified atom stereocenters. The van der Waals surface area contributed by atoms with Gasteiger partial charge >= 0.3 is 5.97 Å². The lowest BCUT2D eigenvalue weighted by atomic mass is 10.3. The highest BCUT2D eigenvalue weighted by atomic mass is 35.5. The molecule has 0 saturated carbocycles. The summed E-state index contributed by atoms with van der Waals surface area (Å²) in [7, 11) is 0. The zero-order chi connectivity index (χ0) is 13.7. The fourth-order valence-corrected chi connectivity index (χ4v) is 1.57. The number of halogens is 1. The summed E-state index contributed by atoms with van der Waals surface area (Å²) in [5.41, 5.74) is 0.823. The van der Waals surface area contributed by atoms with E-state index in [2.05, 4.69) is 15.5 Å². The molecular formula is C12H12ClN3O3. The van der Waals surface area contributed by atoms with Crippen LogP contribution in [0.25, 0.3) is 0 Å². The molecule has 1 aromatic heterocycles. The molecule has 0 fully saturated rings. The van der Waals surface area contributed by atoms with Crippen molar-refractivity contribution in [2.45, 2.75) is 13.5 Å². The van der Waals surface area contributed by atoms with Gasteiger partial charge in [0.25, 0.3) is 5.82 Å². The normalized spacial score (nSPS) is 10.2. The molecule has 1 aromatic carbocycles. The van der Waals surface area contributed by atoms with Crippen LogP contribution in [0, 0.1) is 0 Å². The Morgan fingerprint density at radius 3 is 3.11 bits per heavy atom. The topological polar surface area (TPSA) is 77.2 Å². The third-order valence-electron chi connectivity index (χ3n) is 2.19. The summed E-state index contributed by atoms with van der Waals surface area (Å²) in [4.78, 5) is 15.3. The van der Waals surface area contributed by atoms with Gasteiger partial charge in [0.1, 0.15) is 0 Å². The molecule has 19 heavy (non-hydrogen) atoms. The number of carbonyl (C=O) groups is 1. The third-order valence-corrected chi connectivity index (χ3v) is 2.43. The van der Waals surface area contributed by atoms with Crippen LogP contribution in [0.2, 0.25) is 5.02 Å². The number of aromatic nitrogens is 2. The predicted octanol–water partition coefficient (Wildman–Crippen LogP) is 2.51. The first-order valence-electron chi connectivity index (χ1n) is 5.68. The number of hydrogen-bond donors (Lipinski definition) is 1. The molecule has 0 radical (unpaired) electrons.